The number of fused-ring (bicyclic) bond motifs is 1. The van der Waals surface area contributed by atoms with E-state index in [4.69, 9.17) is 10.5 Å². The summed E-state index contributed by atoms with van der Waals surface area (Å²) in [4.78, 5) is 12.6. The Morgan fingerprint density at radius 1 is 1.39 bits per heavy atom. The van der Waals surface area contributed by atoms with E-state index in [1.165, 1.54) is 0 Å². The summed E-state index contributed by atoms with van der Waals surface area (Å²) in [6, 6.07) is 9.39. The van der Waals surface area contributed by atoms with E-state index in [9.17, 15) is 4.79 Å². The van der Waals surface area contributed by atoms with Crippen LogP contribution in [0.15, 0.2) is 35.1 Å². The molecule has 4 heteroatoms. The highest BCUT2D eigenvalue weighted by molar-refractivity contribution is 5.83. The van der Waals surface area contributed by atoms with Crippen molar-refractivity contribution in [2.24, 2.45) is 0 Å². The number of nitrogens with two attached hydrogens (primary N) is 1. The van der Waals surface area contributed by atoms with Crippen LogP contribution in [0, 0.1) is 0 Å². The van der Waals surface area contributed by atoms with Crippen LogP contribution < -0.4 is 11.3 Å². The molecule has 1 saturated heterocycles. The minimum absolute atomic E-state index is 0.0291. The molecule has 1 aliphatic heterocycles. The standard InChI is InChI=1S/C14H16N2O2/c1-14(6-7-18-9-14)16-12(15)8-10-4-2-3-5-11(10)13(16)17/h2-5,8H,6-7,9,15H2,1H3. The number of aromatic nitrogens is 1. The topological polar surface area (TPSA) is 57.2 Å². The molecule has 1 unspecified atom stereocenters. The Labute approximate surface area is 105 Å². The molecular formula is C14H16N2O2. The Hall–Kier alpha value is -1.81. The second-order valence-electron chi connectivity index (χ2n) is 5.10. The number of ether oxygens (including phenoxy) is 1. The molecule has 4 nitrogen and oxygen atoms in total. The average molecular weight is 244 g/mol. The van der Waals surface area contributed by atoms with Crippen molar-refractivity contribution < 1.29 is 4.74 Å². The zero-order valence-corrected chi connectivity index (χ0v) is 10.3. The molecular weight excluding hydrogens is 228 g/mol. The SMILES string of the molecule is CC1(n2c(N)cc3ccccc3c2=O)CCOC1. The van der Waals surface area contributed by atoms with Gasteiger partial charge in [0.25, 0.3) is 5.56 Å². The van der Waals surface area contributed by atoms with Crippen molar-refractivity contribution in [2.45, 2.75) is 18.9 Å². The molecule has 1 aromatic heterocycles. The van der Waals surface area contributed by atoms with E-state index in [2.05, 4.69) is 0 Å². The van der Waals surface area contributed by atoms with Crippen molar-refractivity contribution in [1.29, 1.82) is 0 Å². The summed E-state index contributed by atoms with van der Waals surface area (Å²) >= 11 is 0. The maximum atomic E-state index is 12.6. The van der Waals surface area contributed by atoms with Crippen LogP contribution in [0.2, 0.25) is 0 Å². The van der Waals surface area contributed by atoms with E-state index in [1.54, 1.807) is 4.57 Å². The maximum Gasteiger partial charge on any atom is 0.260 e. The average Bonchev–Trinajstić information content (AvgIpc) is 2.77. The number of pyridine rings is 1. The van der Waals surface area contributed by atoms with Gasteiger partial charge in [-0.3, -0.25) is 9.36 Å². The molecule has 0 spiro atoms. The van der Waals surface area contributed by atoms with Crippen molar-refractivity contribution >= 4 is 16.6 Å². The van der Waals surface area contributed by atoms with Gasteiger partial charge in [0, 0.05) is 12.0 Å². The number of hydrogen-bond donors (Lipinski definition) is 1. The predicted molar refractivity (Wildman–Crippen MR) is 71.7 cm³/mol. The Balaban J connectivity index is 2.33. The summed E-state index contributed by atoms with van der Waals surface area (Å²) < 4.78 is 7.10. The molecule has 18 heavy (non-hydrogen) atoms. The van der Waals surface area contributed by atoms with Gasteiger partial charge in [-0.25, -0.2) is 0 Å². The zero-order valence-electron chi connectivity index (χ0n) is 10.3. The second-order valence-corrected chi connectivity index (χ2v) is 5.10. The summed E-state index contributed by atoms with van der Waals surface area (Å²) in [6.45, 7) is 3.23. The molecule has 0 aliphatic carbocycles. The maximum absolute atomic E-state index is 12.6. The van der Waals surface area contributed by atoms with Crippen LogP contribution in [0.1, 0.15) is 13.3 Å². The van der Waals surface area contributed by atoms with Crippen LogP contribution in [-0.4, -0.2) is 17.8 Å². The van der Waals surface area contributed by atoms with Crippen LogP contribution in [0.25, 0.3) is 10.8 Å². The van der Waals surface area contributed by atoms with Gasteiger partial charge in [0.1, 0.15) is 5.82 Å². The fourth-order valence-corrected chi connectivity index (χ4v) is 2.67. The number of nitrogens with zero attached hydrogens (tertiary/aromatic N) is 1. The minimum atomic E-state index is -0.328. The Morgan fingerprint density at radius 3 is 2.89 bits per heavy atom. The summed E-state index contributed by atoms with van der Waals surface area (Å²) in [5.41, 5.74) is 5.70. The van der Waals surface area contributed by atoms with Crippen LogP contribution >= 0.6 is 0 Å². The number of benzene rings is 1. The molecule has 2 N–H and O–H groups in total. The molecule has 3 rings (SSSR count). The van der Waals surface area contributed by atoms with Gasteiger partial charge in [0.2, 0.25) is 0 Å². The van der Waals surface area contributed by atoms with E-state index >= 15 is 0 Å². The van der Waals surface area contributed by atoms with Crippen molar-refractivity contribution in [3.05, 3.63) is 40.7 Å². The predicted octanol–water partition coefficient (Wildman–Crippen LogP) is 1.72. The molecule has 1 atom stereocenters. The third-order valence-corrected chi connectivity index (χ3v) is 3.69. The lowest BCUT2D eigenvalue weighted by molar-refractivity contribution is 0.161. The normalized spacial score (nSPS) is 23.6. The van der Waals surface area contributed by atoms with Crippen molar-refractivity contribution in [1.82, 2.24) is 4.57 Å². The largest absolute Gasteiger partial charge is 0.385 e. The van der Waals surface area contributed by atoms with Crippen molar-refractivity contribution in [3.63, 3.8) is 0 Å². The third-order valence-electron chi connectivity index (χ3n) is 3.69. The molecule has 94 valence electrons. The Morgan fingerprint density at radius 2 is 2.17 bits per heavy atom. The summed E-state index contributed by atoms with van der Waals surface area (Å²) in [5.74, 6) is 0.506. The highest BCUT2D eigenvalue weighted by Gasteiger charge is 2.34. The van der Waals surface area contributed by atoms with Gasteiger partial charge in [0.15, 0.2) is 0 Å². The molecule has 0 saturated carbocycles. The summed E-state index contributed by atoms with van der Waals surface area (Å²) in [7, 11) is 0. The van der Waals surface area contributed by atoms with E-state index < -0.39 is 0 Å². The van der Waals surface area contributed by atoms with Gasteiger partial charge >= 0.3 is 0 Å². The second kappa shape index (κ2) is 3.85. The van der Waals surface area contributed by atoms with E-state index in [0.717, 1.165) is 11.8 Å². The Bertz CT molecular complexity index is 654. The van der Waals surface area contributed by atoms with E-state index in [-0.39, 0.29) is 11.1 Å². The zero-order chi connectivity index (χ0) is 12.8. The van der Waals surface area contributed by atoms with Gasteiger partial charge in [-0.2, -0.15) is 0 Å². The molecule has 2 aromatic rings. The quantitative estimate of drug-likeness (QED) is 0.831. The van der Waals surface area contributed by atoms with Crippen molar-refractivity contribution in [2.75, 3.05) is 18.9 Å². The first-order valence-electron chi connectivity index (χ1n) is 6.10. The number of anilines is 1. The fourth-order valence-electron chi connectivity index (χ4n) is 2.67. The third kappa shape index (κ3) is 1.53. The highest BCUT2D eigenvalue weighted by atomic mass is 16.5. The number of rotatable bonds is 1. The van der Waals surface area contributed by atoms with Gasteiger partial charge in [-0.1, -0.05) is 18.2 Å². The van der Waals surface area contributed by atoms with Gasteiger partial charge in [-0.05, 0) is 30.9 Å². The van der Waals surface area contributed by atoms with Gasteiger partial charge in [-0.15, -0.1) is 0 Å². The van der Waals surface area contributed by atoms with Crippen LogP contribution in [0.3, 0.4) is 0 Å². The number of nitrogen functional groups attached to an aromatic ring is 1. The molecule has 0 radical (unpaired) electrons. The summed E-state index contributed by atoms with van der Waals surface area (Å²) in [6.07, 6.45) is 0.815. The van der Waals surface area contributed by atoms with Crippen molar-refractivity contribution in [3.8, 4) is 0 Å². The lowest BCUT2D eigenvalue weighted by Crippen LogP contribution is -2.40. The van der Waals surface area contributed by atoms with Gasteiger partial charge < -0.3 is 10.5 Å². The Kier molecular flexibility index (Phi) is 2.41. The minimum Gasteiger partial charge on any atom is -0.385 e. The molecule has 0 amide bonds. The first kappa shape index (κ1) is 11.3. The molecule has 2 heterocycles. The lowest BCUT2D eigenvalue weighted by Gasteiger charge is -2.27. The first-order valence-corrected chi connectivity index (χ1v) is 6.10. The summed E-state index contributed by atoms with van der Waals surface area (Å²) in [5, 5.41) is 1.60. The fraction of sp³-hybridized carbons (Fsp3) is 0.357. The van der Waals surface area contributed by atoms with Crippen LogP contribution in [0.5, 0.6) is 0 Å². The molecule has 1 aliphatic rings. The lowest BCUT2D eigenvalue weighted by atomic mass is 10.00. The van der Waals surface area contributed by atoms with E-state index in [1.807, 2.05) is 37.3 Å². The highest BCUT2D eigenvalue weighted by Crippen LogP contribution is 2.28. The van der Waals surface area contributed by atoms with E-state index in [0.29, 0.717) is 24.4 Å². The van der Waals surface area contributed by atoms with Gasteiger partial charge in [0.05, 0.1) is 12.1 Å². The monoisotopic (exact) mass is 244 g/mol. The first-order chi connectivity index (χ1) is 8.62. The molecule has 1 fully saturated rings. The smallest absolute Gasteiger partial charge is 0.260 e. The van der Waals surface area contributed by atoms with Crippen LogP contribution in [-0.2, 0) is 10.3 Å². The van der Waals surface area contributed by atoms with Crippen LogP contribution in [0.4, 0.5) is 5.82 Å². The number of hydrogen-bond acceptors (Lipinski definition) is 3. The molecule has 1 aromatic carbocycles. The molecule has 0 bridgehead atoms.